The molecule has 1 aliphatic heterocycles. The number of halogens is 1. The number of nitrogens with zero attached hydrogens (tertiary/aromatic N) is 3. The van der Waals surface area contributed by atoms with Gasteiger partial charge < -0.3 is 15.0 Å². The van der Waals surface area contributed by atoms with Gasteiger partial charge in [-0.15, -0.1) is 11.3 Å². The Morgan fingerprint density at radius 3 is 2.72 bits per heavy atom. The Bertz CT molecular complexity index is 1220. The van der Waals surface area contributed by atoms with E-state index in [4.69, 9.17) is 17.0 Å². The van der Waals surface area contributed by atoms with Gasteiger partial charge >= 0.3 is 0 Å². The van der Waals surface area contributed by atoms with Crippen molar-refractivity contribution >= 4 is 45.4 Å². The van der Waals surface area contributed by atoms with Crippen molar-refractivity contribution in [3.8, 4) is 11.3 Å². The molecule has 0 spiro atoms. The van der Waals surface area contributed by atoms with Crippen molar-refractivity contribution in [2.24, 2.45) is 0 Å². The van der Waals surface area contributed by atoms with Gasteiger partial charge in [0.15, 0.2) is 0 Å². The molecule has 29 heavy (non-hydrogen) atoms. The average molecular weight is 422 g/mol. The number of aliphatic hydroxyl groups excluding tert-OH is 1. The van der Waals surface area contributed by atoms with Crippen molar-refractivity contribution in [2.45, 2.75) is 6.54 Å². The quantitative estimate of drug-likeness (QED) is 0.427. The third kappa shape index (κ3) is 3.28. The Balaban J connectivity index is 1.38. The molecule has 0 bridgehead atoms. The second kappa shape index (κ2) is 7.02. The van der Waals surface area contributed by atoms with Gasteiger partial charge in [-0.1, -0.05) is 35.9 Å². The lowest BCUT2D eigenvalue weighted by atomic mass is 10.2. The summed E-state index contributed by atoms with van der Waals surface area (Å²) in [6.07, 6.45) is 0. The normalized spacial score (nSPS) is 14.4. The van der Waals surface area contributed by atoms with E-state index < -0.39 is 0 Å². The fraction of sp³-hybridized carbons (Fsp3) is 0.0952. The summed E-state index contributed by atoms with van der Waals surface area (Å²) in [6.45, 7) is 0.678. The fourth-order valence-electron chi connectivity index (χ4n) is 3.40. The van der Waals surface area contributed by atoms with Gasteiger partial charge in [0, 0.05) is 16.0 Å². The number of aromatic nitrogens is 3. The molecule has 0 aliphatic carbocycles. The minimum atomic E-state index is 0.156. The zero-order chi connectivity index (χ0) is 20.0. The SMILES string of the molecule is N=C1C(c2nc(-c3ccc(Cl)cc3)cs2)=C(O)CN1Cc1nc2ccccc2[nH]1. The van der Waals surface area contributed by atoms with E-state index >= 15 is 0 Å². The number of hydrogen-bond donors (Lipinski definition) is 3. The number of aliphatic hydroxyl groups is 1. The van der Waals surface area contributed by atoms with Crippen LogP contribution in [-0.2, 0) is 6.54 Å². The highest BCUT2D eigenvalue weighted by Gasteiger charge is 2.30. The monoisotopic (exact) mass is 421 g/mol. The number of benzene rings is 2. The van der Waals surface area contributed by atoms with Crippen LogP contribution in [0, 0.1) is 5.41 Å². The number of nitrogens with one attached hydrogen (secondary N) is 2. The first-order valence-electron chi connectivity index (χ1n) is 9.00. The Hall–Kier alpha value is -3.16. The second-order valence-corrected chi connectivity index (χ2v) is 8.07. The third-order valence-electron chi connectivity index (χ3n) is 4.82. The number of thiazole rings is 1. The summed E-state index contributed by atoms with van der Waals surface area (Å²) in [5, 5.41) is 22.3. The van der Waals surface area contributed by atoms with Crippen LogP contribution in [0.15, 0.2) is 59.7 Å². The van der Waals surface area contributed by atoms with Crippen LogP contribution in [0.4, 0.5) is 0 Å². The van der Waals surface area contributed by atoms with Gasteiger partial charge in [0.2, 0.25) is 0 Å². The molecular formula is C21H16ClN5OS. The number of hydrogen-bond acceptors (Lipinski definition) is 5. The molecule has 8 heteroatoms. The Kier molecular flexibility index (Phi) is 4.34. The average Bonchev–Trinajstić information content (AvgIpc) is 3.40. The lowest BCUT2D eigenvalue weighted by Gasteiger charge is -2.16. The Morgan fingerprint density at radius 2 is 1.93 bits per heavy atom. The van der Waals surface area contributed by atoms with Crippen molar-refractivity contribution in [1.82, 2.24) is 19.9 Å². The van der Waals surface area contributed by atoms with Gasteiger partial charge in [-0.2, -0.15) is 0 Å². The molecule has 3 heterocycles. The highest BCUT2D eigenvalue weighted by atomic mass is 35.5. The molecule has 0 unspecified atom stereocenters. The highest BCUT2D eigenvalue weighted by Crippen LogP contribution is 2.33. The van der Waals surface area contributed by atoms with Crippen molar-refractivity contribution in [2.75, 3.05) is 6.54 Å². The van der Waals surface area contributed by atoms with Gasteiger partial charge in [-0.05, 0) is 24.3 Å². The number of rotatable bonds is 4. The third-order valence-corrected chi connectivity index (χ3v) is 5.93. The molecule has 2 aromatic heterocycles. The first kappa shape index (κ1) is 17.9. The number of para-hydroxylation sites is 2. The van der Waals surface area contributed by atoms with E-state index in [0.29, 0.717) is 22.1 Å². The maximum absolute atomic E-state index is 10.5. The maximum Gasteiger partial charge on any atom is 0.135 e. The molecule has 0 saturated heterocycles. The number of H-pyrrole nitrogens is 1. The zero-order valence-electron chi connectivity index (χ0n) is 15.2. The maximum atomic E-state index is 10.5. The van der Waals surface area contributed by atoms with E-state index in [2.05, 4.69) is 15.0 Å². The zero-order valence-corrected chi connectivity index (χ0v) is 16.8. The van der Waals surface area contributed by atoms with E-state index in [-0.39, 0.29) is 18.1 Å². The first-order chi connectivity index (χ1) is 14.1. The van der Waals surface area contributed by atoms with Crippen LogP contribution in [0.1, 0.15) is 10.8 Å². The van der Waals surface area contributed by atoms with E-state index in [9.17, 15) is 5.11 Å². The van der Waals surface area contributed by atoms with E-state index in [0.717, 1.165) is 28.1 Å². The molecule has 0 radical (unpaired) electrons. The minimum Gasteiger partial charge on any atom is -0.510 e. The fourth-order valence-corrected chi connectivity index (χ4v) is 4.42. The molecule has 0 saturated carbocycles. The Morgan fingerprint density at radius 1 is 1.14 bits per heavy atom. The predicted octanol–water partition coefficient (Wildman–Crippen LogP) is 5.10. The summed E-state index contributed by atoms with van der Waals surface area (Å²) in [7, 11) is 0. The van der Waals surface area contributed by atoms with Crippen molar-refractivity contribution in [1.29, 1.82) is 5.41 Å². The number of imidazole rings is 1. The number of fused-ring (bicyclic) bond motifs is 1. The number of amidine groups is 1. The standard InChI is InChI=1S/C21H16ClN5OS/c22-13-7-5-12(6-8-13)16-11-29-21(26-16)19-17(28)9-27(20(19)23)10-18-24-14-3-1-2-4-15(14)25-18/h1-8,11,23,28H,9-10H2,(H,24,25). The summed E-state index contributed by atoms with van der Waals surface area (Å²) in [6, 6.07) is 15.3. The van der Waals surface area contributed by atoms with Crippen molar-refractivity contribution < 1.29 is 5.11 Å². The summed E-state index contributed by atoms with van der Waals surface area (Å²) in [5.74, 6) is 1.16. The summed E-state index contributed by atoms with van der Waals surface area (Å²) >= 11 is 7.37. The largest absolute Gasteiger partial charge is 0.510 e. The van der Waals surface area contributed by atoms with Crippen LogP contribution in [0.25, 0.3) is 27.9 Å². The van der Waals surface area contributed by atoms with Crippen LogP contribution in [0.3, 0.4) is 0 Å². The molecule has 6 nitrogen and oxygen atoms in total. The van der Waals surface area contributed by atoms with E-state index in [1.807, 2.05) is 53.9 Å². The van der Waals surface area contributed by atoms with Crippen LogP contribution < -0.4 is 0 Å². The summed E-state index contributed by atoms with van der Waals surface area (Å²) in [5.41, 5.74) is 4.06. The second-order valence-electron chi connectivity index (χ2n) is 6.77. The van der Waals surface area contributed by atoms with E-state index in [1.165, 1.54) is 11.3 Å². The first-order valence-corrected chi connectivity index (χ1v) is 10.3. The van der Waals surface area contributed by atoms with Gasteiger partial charge in [-0.3, -0.25) is 5.41 Å². The van der Waals surface area contributed by atoms with Crippen LogP contribution >= 0.6 is 22.9 Å². The van der Waals surface area contributed by atoms with Crippen LogP contribution in [0.2, 0.25) is 5.02 Å². The summed E-state index contributed by atoms with van der Waals surface area (Å²) in [4.78, 5) is 14.3. The lowest BCUT2D eigenvalue weighted by molar-refractivity contribution is 0.344. The van der Waals surface area contributed by atoms with Gasteiger partial charge in [0.1, 0.15) is 22.4 Å². The Labute approximate surface area is 175 Å². The van der Waals surface area contributed by atoms with Gasteiger partial charge in [0.05, 0.1) is 35.4 Å². The van der Waals surface area contributed by atoms with Crippen molar-refractivity contribution in [3.63, 3.8) is 0 Å². The molecule has 0 amide bonds. The molecule has 5 rings (SSSR count). The van der Waals surface area contributed by atoms with Crippen LogP contribution in [0.5, 0.6) is 0 Å². The number of aromatic amines is 1. The minimum absolute atomic E-state index is 0.156. The topological polar surface area (TPSA) is 88.9 Å². The molecule has 1 aliphatic rings. The van der Waals surface area contributed by atoms with Gasteiger partial charge in [0.25, 0.3) is 0 Å². The van der Waals surface area contributed by atoms with Gasteiger partial charge in [-0.25, -0.2) is 9.97 Å². The molecule has 2 aromatic carbocycles. The molecule has 0 atom stereocenters. The van der Waals surface area contributed by atoms with Crippen molar-refractivity contribution in [3.05, 3.63) is 75.5 Å². The smallest absolute Gasteiger partial charge is 0.135 e. The predicted molar refractivity (Wildman–Crippen MR) is 116 cm³/mol. The molecule has 144 valence electrons. The molecule has 3 N–H and O–H groups in total. The van der Waals surface area contributed by atoms with Crippen LogP contribution in [-0.4, -0.2) is 37.3 Å². The highest BCUT2D eigenvalue weighted by molar-refractivity contribution is 7.11. The van der Waals surface area contributed by atoms with E-state index in [1.54, 1.807) is 4.90 Å². The lowest BCUT2D eigenvalue weighted by Crippen LogP contribution is -2.26. The molecular weight excluding hydrogens is 406 g/mol. The molecule has 4 aromatic rings. The summed E-state index contributed by atoms with van der Waals surface area (Å²) < 4.78 is 0. The molecule has 0 fully saturated rings.